The van der Waals surface area contributed by atoms with E-state index < -0.39 is 54.3 Å². The van der Waals surface area contributed by atoms with Crippen molar-refractivity contribution in [2.45, 2.75) is 4.90 Å². The number of hydrogen-bond acceptors (Lipinski definition) is 13. The van der Waals surface area contributed by atoms with Crippen LogP contribution in [0, 0.1) is 20.2 Å². The number of hydrogen-bond donors (Lipinski definition) is 4. The molecule has 19 heteroatoms. The second kappa shape index (κ2) is 13.1. The minimum absolute atomic E-state index is 0. The number of benzene rings is 4. The maximum atomic E-state index is 11.4. The van der Waals surface area contributed by atoms with Crippen molar-refractivity contribution in [3.63, 3.8) is 0 Å². The maximum absolute atomic E-state index is 11.4. The van der Waals surface area contributed by atoms with E-state index in [2.05, 4.69) is 20.5 Å². The van der Waals surface area contributed by atoms with Gasteiger partial charge < -0.3 is 15.3 Å². The van der Waals surface area contributed by atoms with E-state index in [9.17, 15) is 48.5 Å². The van der Waals surface area contributed by atoms with Gasteiger partial charge in [-0.3, -0.25) is 24.8 Å². The molecule has 0 aliphatic rings. The summed E-state index contributed by atoms with van der Waals surface area (Å²) in [6.45, 7) is 0. The Bertz CT molecular complexity index is 1850. The van der Waals surface area contributed by atoms with Crippen molar-refractivity contribution in [2.75, 3.05) is 0 Å². The van der Waals surface area contributed by atoms with Gasteiger partial charge in [0.2, 0.25) is 5.75 Å². The first-order chi connectivity index (χ1) is 18.3. The van der Waals surface area contributed by atoms with Gasteiger partial charge in [-0.05, 0) is 23.6 Å². The smallest absolute Gasteiger partial charge is 0.505 e. The molecule has 0 bridgehead atoms. The van der Waals surface area contributed by atoms with Crippen LogP contribution >= 0.6 is 0 Å². The van der Waals surface area contributed by atoms with E-state index >= 15 is 0 Å². The van der Waals surface area contributed by atoms with Gasteiger partial charge in [0, 0.05) is 40.7 Å². The molecule has 0 saturated carbocycles. The summed E-state index contributed by atoms with van der Waals surface area (Å²) in [4.78, 5) is 19.9. The molecule has 4 aromatic carbocycles. The minimum atomic E-state index is -4.43. The van der Waals surface area contributed by atoms with Crippen LogP contribution < -0.4 is 29.6 Å². The van der Waals surface area contributed by atoms with Crippen LogP contribution in [0.2, 0.25) is 0 Å². The Morgan fingerprint density at radius 3 is 1.85 bits per heavy atom. The van der Waals surface area contributed by atoms with Crippen LogP contribution in [0.15, 0.2) is 86.0 Å². The SMILES string of the molecule is O=[N+]([O-])c1cc(N=Nc2cc(N=Nc3cccc4cc(S(=O)(=O)O)ccc34)c(O)cc2O)c(O)c([N+](=O)[O-])c1.[Fe].[Na+]. The summed E-state index contributed by atoms with van der Waals surface area (Å²) in [7, 11) is -4.43. The van der Waals surface area contributed by atoms with E-state index in [-0.39, 0.29) is 68.6 Å². The molecule has 206 valence electrons. The quantitative estimate of drug-likeness (QED) is 0.0761. The fourth-order valence-electron chi connectivity index (χ4n) is 3.33. The predicted molar refractivity (Wildman–Crippen MR) is 133 cm³/mol. The molecule has 16 nitrogen and oxygen atoms in total. The number of nitrogens with zero attached hydrogens (tertiary/aromatic N) is 6. The second-order valence-corrected chi connectivity index (χ2v) is 9.13. The van der Waals surface area contributed by atoms with Crippen molar-refractivity contribution in [1.29, 1.82) is 0 Å². The molecule has 0 aliphatic carbocycles. The molecule has 0 aromatic heterocycles. The van der Waals surface area contributed by atoms with Crippen LogP contribution in [0.3, 0.4) is 0 Å². The van der Waals surface area contributed by atoms with E-state index in [1.165, 1.54) is 24.3 Å². The molecule has 4 rings (SSSR count). The van der Waals surface area contributed by atoms with Crippen molar-refractivity contribution < 1.29 is 84.8 Å². The normalized spacial score (nSPS) is 11.3. The summed E-state index contributed by atoms with van der Waals surface area (Å²) in [6.07, 6.45) is 0. The third-order valence-electron chi connectivity index (χ3n) is 5.19. The predicted octanol–water partition coefficient (Wildman–Crippen LogP) is 2.85. The molecule has 0 fully saturated rings. The van der Waals surface area contributed by atoms with Crippen LogP contribution in [0.1, 0.15) is 0 Å². The summed E-state index contributed by atoms with van der Waals surface area (Å²) >= 11 is 0. The van der Waals surface area contributed by atoms with Gasteiger partial charge in [-0.15, -0.1) is 20.5 Å². The number of fused-ring (bicyclic) bond motifs is 1. The molecule has 0 heterocycles. The third-order valence-corrected chi connectivity index (χ3v) is 6.04. The summed E-state index contributed by atoms with van der Waals surface area (Å²) in [5.41, 5.74) is -2.67. The van der Waals surface area contributed by atoms with Crippen molar-refractivity contribution in [1.82, 2.24) is 0 Å². The number of nitro groups is 2. The van der Waals surface area contributed by atoms with Crippen molar-refractivity contribution in [3.8, 4) is 17.2 Å². The summed E-state index contributed by atoms with van der Waals surface area (Å²) < 4.78 is 32.0. The number of aromatic hydroxyl groups is 3. The van der Waals surface area contributed by atoms with E-state index in [4.69, 9.17) is 0 Å². The van der Waals surface area contributed by atoms with E-state index in [0.29, 0.717) is 16.8 Å². The standard InChI is InChI=1S/C22H14N6O10S.Fe.Na/c29-20-10-21(30)17(25-26-18-7-12(27(32)33)8-19(22(18)31)28(34)35)9-16(20)24-23-15-3-1-2-11-6-13(39(36,37)38)4-5-14(11)15;;/h1-10,29-31H,(H,36,37,38);;/q;;+1. The summed E-state index contributed by atoms with van der Waals surface area (Å²) in [5, 5.41) is 68.6. The Morgan fingerprint density at radius 2 is 1.29 bits per heavy atom. The van der Waals surface area contributed by atoms with Gasteiger partial charge in [-0.25, -0.2) is 0 Å². The summed E-state index contributed by atoms with van der Waals surface area (Å²) in [6, 6.07) is 11.6. The van der Waals surface area contributed by atoms with Gasteiger partial charge in [0.05, 0.1) is 26.5 Å². The molecular weight excluding hydrogens is 619 g/mol. The molecule has 41 heavy (non-hydrogen) atoms. The van der Waals surface area contributed by atoms with Crippen LogP contribution in [0.5, 0.6) is 17.2 Å². The molecule has 4 aromatic rings. The third kappa shape index (κ3) is 7.38. The first kappa shape index (κ1) is 33.2. The molecule has 0 amide bonds. The molecule has 0 unspecified atom stereocenters. The first-order valence-electron chi connectivity index (χ1n) is 10.4. The van der Waals surface area contributed by atoms with Gasteiger partial charge in [0.25, 0.3) is 15.8 Å². The Morgan fingerprint density at radius 1 is 0.707 bits per heavy atom. The number of phenolic OH excluding ortho intramolecular Hbond substituents is 3. The topological polar surface area (TPSA) is 251 Å². The van der Waals surface area contributed by atoms with Gasteiger partial charge in [-0.1, -0.05) is 18.2 Å². The molecule has 0 aliphatic heterocycles. The van der Waals surface area contributed by atoms with Crippen molar-refractivity contribution >= 4 is 55.0 Å². The number of phenols is 3. The first-order valence-corrected chi connectivity index (χ1v) is 11.8. The van der Waals surface area contributed by atoms with Gasteiger partial charge in [0.1, 0.15) is 28.6 Å². The Hall–Kier alpha value is -4.03. The van der Waals surface area contributed by atoms with Crippen LogP contribution in [0.4, 0.5) is 34.1 Å². The Labute approximate surface area is 261 Å². The zero-order valence-corrected chi connectivity index (χ0v) is 24.4. The monoisotopic (exact) mass is 633 g/mol. The molecule has 4 N–H and O–H groups in total. The van der Waals surface area contributed by atoms with E-state index in [1.54, 1.807) is 12.1 Å². The maximum Gasteiger partial charge on any atom is 1.00 e. The number of nitro benzene ring substituents is 2. The number of rotatable bonds is 7. The van der Waals surface area contributed by atoms with Gasteiger partial charge >= 0.3 is 35.2 Å². The largest absolute Gasteiger partial charge is 1.00 e. The fraction of sp³-hybridized carbons (Fsp3) is 0. The van der Waals surface area contributed by atoms with Gasteiger partial charge in [0.15, 0.2) is 0 Å². The van der Waals surface area contributed by atoms with Crippen molar-refractivity contribution in [2.24, 2.45) is 20.5 Å². The van der Waals surface area contributed by atoms with Gasteiger partial charge in [-0.2, -0.15) is 8.42 Å². The van der Waals surface area contributed by atoms with E-state index in [0.717, 1.165) is 18.2 Å². The Balaban J connectivity index is 0.00000294. The number of azo groups is 2. The molecule has 0 radical (unpaired) electrons. The van der Waals surface area contributed by atoms with Crippen LogP contribution in [0.25, 0.3) is 10.8 Å². The molecule has 0 atom stereocenters. The minimum Gasteiger partial charge on any atom is -0.505 e. The molecular formula is C22H14FeN6NaO10S+. The molecule has 0 saturated heterocycles. The zero-order valence-electron chi connectivity index (χ0n) is 20.5. The summed E-state index contributed by atoms with van der Waals surface area (Å²) in [5.74, 6) is -2.14. The fourth-order valence-corrected chi connectivity index (χ4v) is 3.85. The number of non-ortho nitro benzene ring substituents is 1. The Kier molecular flexibility index (Phi) is 10.6. The van der Waals surface area contributed by atoms with Crippen LogP contribution in [-0.2, 0) is 27.2 Å². The second-order valence-electron chi connectivity index (χ2n) is 7.71. The van der Waals surface area contributed by atoms with E-state index in [1.807, 2.05) is 0 Å². The average Bonchev–Trinajstić information content (AvgIpc) is 2.87. The van der Waals surface area contributed by atoms with Crippen LogP contribution in [-0.4, -0.2) is 38.1 Å². The zero-order chi connectivity index (χ0) is 28.5. The molecule has 0 spiro atoms. The average molecular weight is 633 g/mol. The van der Waals surface area contributed by atoms with Crippen molar-refractivity contribution in [3.05, 3.63) is 80.9 Å².